The lowest BCUT2D eigenvalue weighted by atomic mass is 9.74. The van der Waals surface area contributed by atoms with Gasteiger partial charge in [0.25, 0.3) is 5.91 Å². The normalized spacial score (nSPS) is 25.3. The molecule has 4 atom stereocenters. The zero-order valence-electron chi connectivity index (χ0n) is 39.9. The molecule has 1 amide bonds. The summed E-state index contributed by atoms with van der Waals surface area (Å²) in [6.45, 7) is 8.14. The summed E-state index contributed by atoms with van der Waals surface area (Å²) in [6.07, 6.45) is 8.86. The zero-order valence-corrected chi connectivity index (χ0v) is 41.5. The largest absolute Gasteiger partial charge is 0.569 e. The van der Waals surface area contributed by atoms with Crippen molar-refractivity contribution in [3.63, 3.8) is 0 Å². The van der Waals surface area contributed by atoms with Gasteiger partial charge in [0, 0.05) is 56.3 Å². The minimum absolute atomic E-state index is 0.122. The zero-order chi connectivity index (χ0) is 48.7. The third kappa shape index (κ3) is 10.9. The fraction of sp³-hybridized carbons (Fsp3) is 0.471. The van der Waals surface area contributed by atoms with Crippen LogP contribution in [0, 0.1) is 0 Å². The Labute approximate surface area is 413 Å². The third-order valence-electron chi connectivity index (χ3n) is 13.1. The number of rotatable bonds is 11. The maximum Gasteiger partial charge on any atom is 0.569 e. The van der Waals surface area contributed by atoms with E-state index in [1.807, 2.05) is 72.8 Å². The Balaban J connectivity index is 0.000000153. The number of hydrogen-bond acceptors (Lipinski definition) is 15. The molecule has 0 saturated carbocycles. The number of carbonyl (C=O) groups excluding carboxylic acids is 1. The Bertz CT molecular complexity index is 2500. The van der Waals surface area contributed by atoms with Gasteiger partial charge in [-0.2, -0.15) is 0 Å². The van der Waals surface area contributed by atoms with Gasteiger partial charge in [-0.1, -0.05) is 66.9 Å². The molecule has 18 heteroatoms. The van der Waals surface area contributed by atoms with Crippen molar-refractivity contribution < 1.29 is 47.7 Å². The SMILES string of the molecule is CCCCOc1cccc(-c2ccc3c(c2)C2(CC4(CCCOC4)O3)N=C(N)N(C)C2=O)c1.CCCCOc1cccc(O[B]O)c1.CN1OC2(CC3(CCCOC3)Oc3ccc(Br)cc32)N=C1N. The molecule has 10 rings (SSSR count). The van der Waals surface area contributed by atoms with E-state index in [9.17, 15) is 4.79 Å². The Hall–Kier alpha value is -5.53. The topological polar surface area (TPSA) is 194 Å². The van der Waals surface area contributed by atoms with Gasteiger partial charge in [-0.05, 0) is 104 Å². The van der Waals surface area contributed by atoms with Crippen LogP contribution in [-0.4, -0.2) is 105 Å². The number of nitrogens with two attached hydrogens (primary N) is 2. The van der Waals surface area contributed by atoms with Crippen molar-refractivity contribution >= 4 is 41.4 Å². The second-order valence-electron chi connectivity index (χ2n) is 18.3. The second-order valence-corrected chi connectivity index (χ2v) is 19.2. The Kier molecular flexibility index (Phi) is 15.6. The highest BCUT2D eigenvalue weighted by Crippen LogP contribution is 2.53. The first-order valence-corrected chi connectivity index (χ1v) is 24.6. The summed E-state index contributed by atoms with van der Waals surface area (Å²) in [6, 6.07) is 27.1. The van der Waals surface area contributed by atoms with Gasteiger partial charge in [-0.3, -0.25) is 9.69 Å². The maximum absolute atomic E-state index is 13.5. The summed E-state index contributed by atoms with van der Waals surface area (Å²) in [5.74, 6) is 4.11. The molecule has 0 aromatic heterocycles. The van der Waals surface area contributed by atoms with E-state index in [0.717, 1.165) is 102 Å². The molecule has 367 valence electrons. The number of aliphatic imine (C=N–C) groups is 2. The number of ether oxygens (including phenoxy) is 6. The smallest absolute Gasteiger partial charge is 0.537 e. The van der Waals surface area contributed by atoms with Crippen molar-refractivity contribution in [2.75, 3.05) is 53.7 Å². The van der Waals surface area contributed by atoms with Crippen LogP contribution in [0.1, 0.15) is 89.2 Å². The maximum atomic E-state index is 13.5. The molecule has 16 nitrogen and oxygen atoms in total. The molecule has 0 aliphatic carbocycles. The highest BCUT2D eigenvalue weighted by atomic mass is 79.9. The van der Waals surface area contributed by atoms with Gasteiger partial charge in [0.05, 0.1) is 32.0 Å². The Morgan fingerprint density at radius 3 is 1.94 bits per heavy atom. The summed E-state index contributed by atoms with van der Waals surface area (Å²) < 4.78 is 41.4. The van der Waals surface area contributed by atoms with E-state index >= 15 is 0 Å². The summed E-state index contributed by atoms with van der Waals surface area (Å²) >= 11 is 3.51. The van der Waals surface area contributed by atoms with Crippen molar-refractivity contribution in [2.45, 2.75) is 101 Å². The van der Waals surface area contributed by atoms with E-state index in [2.05, 4.69) is 34.8 Å². The molecule has 6 heterocycles. The van der Waals surface area contributed by atoms with Gasteiger partial charge in [-0.15, -0.1) is 0 Å². The molecule has 5 N–H and O–H groups in total. The van der Waals surface area contributed by atoms with Gasteiger partial charge in [0.1, 0.15) is 39.9 Å². The monoisotopic (exact) mass is 1010 g/mol. The van der Waals surface area contributed by atoms with E-state index in [-0.39, 0.29) is 11.9 Å². The molecule has 0 bridgehead atoms. The lowest BCUT2D eigenvalue weighted by molar-refractivity contribution is -0.216. The first-order chi connectivity index (χ1) is 33.3. The van der Waals surface area contributed by atoms with E-state index in [0.29, 0.717) is 71.0 Å². The van der Waals surface area contributed by atoms with Crippen LogP contribution in [-0.2, 0) is 30.4 Å². The predicted octanol–water partition coefficient (Wildman–Crippen LogP) is 7.74. The highest BCUT2D eigenvalue weighted by molar-refractivity contribution is 9.10. The highest BCUT2D eigenvalue weighted by Gasteiger charge is 2.59. The van der Waals surface area contributed by atoms with E-state index in [1.165, 1.54) is 9.96 Å². The minimum atomic E-state index is -1.10. The molecular weight excluding hydrogens is 947 g/mol. The Morgan fingerprint density at radius 1 is 0.739 bits per heavy atom. The molecule has 2 saturated heterocycles. The van der Waals surface area contributed by atoms with Crippen LogP contribution in [0.25, 0.3) is 11.1 Å². The molecule has 4 aromatic rings. The summed E-state index contributed by atoms with van der Waals surface area (Å²) in [4.78, 5) is 30.4. The van der Waals surface area contributed by atoms with Gasteiger partial charge < -0.3 is 49.6 Å². The number of fused-ring (bicyclic) bond motifs is 4. The van der Waals surface area contributed by atoms with Gasteiger partial charge in [-0.25, -0.2) is 19.9 Å². The number of unbranched alkanes of at least 4 members (excludes halogenated alkanes) is 2. The lowest BCUT2D eigenvalue weighted by Crippen LogP contribution is -2.55. The van der Waals surface area contributed by atoms with Crippen molar-refractivity contribution in [3.05, 3.63) is 101 Å². The summed E-state index contributed by atoms with van der Waals surface area (Å²) in [5, 5.41) is 9.96. The van der Waals surface area contributed by atoms with Crippen LogP contribution in [0.15, 0.2) is 99.4 Å². The van der Waals surface area contributed by atoms with Crippen LogP contribution in [0.5, 0.6) is 28.7 Å². The fourth-order valence-electron chi connectivity index (χ4n) is 9.60. The first kappa shape index (κ1) is 49.9. The molecule has 69 heavy (non-hydrogen) atoms. The number of likely N-dealkylation sites (N-methyl/N-ethyl adjacent to an activating group) is 1. The number of benzene rings is 4. The van der Waals surface area contributed by atoms with Crippen molar-refractivity contribution in [1.82, 2.24) is 9.96 Å². The molecule has 6 aliphatic heterocycles. The average molecular weight is 1010 g/mol. The van der Waals surface area contributed by atoms with Crippen molar-refractivity contribution in [2.24, 2.45) is 21.5 Å². The number of nitrogens with zero attached hydrogens (tertiary/aromatic N) is 4. The minimum Gasteiger partial charge on any atom is -0.537 e. The molecule has 4 aromatic carbocycles. The van der Waals surface area contributed by atoms with Crippen LogP contribution in [0.2, 0.25) is 0 Å². The lowest BCUT2D eigenvalue weighted by Gasteiger charge is -2.46. The number of carbonyl (C=O) groups is 1. The number of hydroxylamine groups is 2. The predicted molar refractivity (Wildman–Crippen MR) is 266 cm³/mol. The van der Waals surface area contributed by atoms with Crippen LogP contribution in [0.3, 0.4) is 0 Å². The van der Waals surface area contributed by atoms with Gasteiger partial charge in [0.15, 0.2) is 11.5 Å². The van der Waals surface area contributed by atoms with Crippen molar-refractivity contribution in [1.29, 1.82) is 0 Å². The molecular formula is C51H63BBrN6O10. The first-order valence-electron chi connectivity index (χ1n) is 23.8. The van der Waals surface area contributed by atoms with E-state index < -0.39 is 22.5 Å². The van der Waals surface area contributed by atoms with Crippen LogP contribution < -0.4 is 35.1 Å². The summed E-state index contributed by atoms with van der Waals surface area (Å²) in [7, 11) is 4.10. The number of halogens is 1. The quantitative estimate of drug-likeness (QED) is 0.0977. The van der Waals surface area contributed by atoms with Gasteiger partial charge >= 0.3 is 7.69 Å². The third-order valence-corrected chi connectivity index (χ3v) is 13.6. The number of hydrogen-bond donors (Lipinski definition) is 3. The van der Waals surface area contributed by atoms with E-state index in [1.54, 1.807) is 26.2 Å². The fourth-order valence-corrected chi connectivity index (χ4v) is 9.96. The second kappa shape index (κ2) is 21.6. The molecule has 6 aliphatic rings. The molecule has 1 radical (unpaired) electrons. The number of amides is 1. The average Bonchev–Trinajstić information content (AvgIpc) is 3.74. The van der Waals surface area contributed by atoms with Gasteiger partial charge in [0.2, 0.25) is 11.7 Å². The molecule has 4 unspecified atom stereocenters. The standard InChI is InChI=1S/C26H31N3O4.C15H18BrN3O3.C10H14BO3/c1-3-4-13-32-20-8-5-7-18(14-20)19-9-10-22-21(15-19)26(23(30)29(2)24(27)28-26)16-25(33-22)11-6-12-31-17-25;1-19-13(17)18-15(22-19)8-14(5-2-6-20-9-14)21-12-4-3-10(16)7-11(12)15;1-2-3-7-13-9-5-4-6-10(8-9)14-11-12/h5,7-10,14-15H,3-4,6,11-13,16-17H2,1-2H3,(H2,27,28);3-4,7H,2,5-6,8-9H2,1H3,(H2,17,18);4-6,8,12H,2-3,7H2,1H3. The number of guanidine groups is 2. The Morgan fingerprint density at radius 2 is 1.35 bits per heavy atom. The van der Waals surface area contributed by atoms with Crippen LogP contribution >= 0.6 is 15.9 Å². The molecule has 4 spiro atoms. The summed E-state index contributed by atoms with van der Waals surface area (Å²) in [5.41, 5.74) is 12.8. The van der Waals surface area contributed by atoms with Crippen LogP contribution in [0.4, 0.5) is 0 Å². The van der Waals surface area contributed by atoms with Crippen molar-refractivity contribution in [3.8, 4) is 39.9 Å². The molecule has 2 fully saturated rings. The van der Waals surface area contributed by atoms with E-state index in [4.69, 9.17) is 59.4 Å².